The number of ether oxygens (including phenoxy) is 1. The molecule has 0 heterocycles. The molecule has 0 aliphatic rings. The molecule has 2 rings (SSSR count). The van der Waals surface area contributed by atoms with Crippen molar-refractivity contribution in [2.45, 2.75) is 13.8 Å². The molecule has 0 bridgehead atoms. The van der Waals surface area contributed by atoms with E-state index in [0.717, 1.165) is 9.13 Å². The quantitative estimate of drug-likeness (QED) is 0.681. The minimum atomic E-state index is -0.244. The van der Waals surface area contributed by atoms with E-state index in [1.807, 2.05) is 26.0 Å². The van der Waals surface area contributed by atoms with Gasteiger partial charge in [0.1, 0.15) is 12.3 Å². The Morgan fingerprint density at radius 3 is 2.60 bits per heavy atom. The summed E-state index contributed by atoms with van der Waals surface area (Å²) in [7, 11) is 1.57. The summed E-state index contributed by atoms with van der Waals surface area (Å²) in [6, 6.07) is 12.7. The Morgan fingerprint density at radius 1 is 1.20 bits per heavy atom. The van der Waals surface area contributed by atoms with Crippen LogP contribution in [-0.4, -0.2) is 36.9 Å². The molecule has 25 heavy (non-hydrogen) atoms. The number of nitrogens with one attached hydrogen (secondary N) is 1. The van der Waals surface area contributed by atoms with E-state index < -0.39 is 0 Å². The summed E-state index contributed by atoms with van der Waals surface area (Å²) in [5, 5.41) is 2.80. The number of carbonyl (C=O) groups is 2. The molecule has 5 nitrogen and oxygen atoms in total. The first-order valence-electron chi connectivity index (χ1n) is 7.94. The number of rotatable bonds is 6. The number of hydrogen-bond donors (Lipinski definition) is 1. The average molecular weight is 452 g/mol. The number of methoxy groups -OCH3 is 1. The molecule has 132 valence electrons. The zero-order chi connectivity index (χ0) is 18.4. The van der Waals surface area contributed by atoms with E-state index in [1.54, 1.807) is 37.4 Å². The third kappa shape index (κ3) is 4.94. The molecule has 0 atom stereocenters. The number of nitrogens with zero attached hydrogens (tertiary/aromatic N) is 1. The molecule has 1 N–H and O–H groups in total. The maximum Gasteiger partial charge on any atom is 0.255 e. The lowest BCUT2D eigenvalue weighted by atomic mass is 10.1. The molecular formula is C19H21IN2O3. The molecule has 0 aliphatic carbocycles. The molecule has 0 saturated heterocycles. The Balaban J connectivity index is 2.09. The first-order valence-corrected chi connectivity index (χ1v) is 9.02. The minimum absolute atomic E-state index is 0.00341. The Bertz CT molecular complexity index is 777. The number of benzene rings is 2. The van der Waals surface area contributed by atoms with Crippen LogP contribution in [0.15, 0.2) is 42.5 Å². The summed E-state index contributed by atoms with van der Waals surface area (Å²) in [6.45, 7) is 4.27. The Hall–Kier alpha value is -2.09. The van der Waals surface area contributed by atoms with Crippen LogP contribution in [0.25, 0.3) is 0 Å². The van der Waals surface area contributed by atoms with Crippen LogP contribution in [0.4, 0.5) is 5.69 Å². The van der Waals surface area contributed by atoms with E-state index >= 15 is 0 Å². The van der Waals surface area contributed by atoms with Gasteiger partial charge in [-0.2, -0.15) is 0 Å². The number of likely N-dealkylation sites (N-methyl/N-ethyl adjacent to an activating group) is 1. The highest BCUT2D eigenvalue weighted by Crippen LogP contribution is 2.19. The molecule has 0 radical (unpaired) electrons. The smallest absolute Gasteiger partial charge is 0.255 e. The zero-order valence-electron chi connectivity index (χ0n) is 14.5. The standard InChI is InChI=1S/C19H21IN2O3/c1-4-22(19(24)16-10-5-7-13(2)18(16)20)12-17(23)21-14-8-6-9-15(11-14)25-3/h5-11H,4,12H2,1-3H3,(H,21,23). The summed E-state index contributed by atoms with van der Waals surface area (Å²) in [4.78, 5) is 26.6. The van der Waals surface area contributed by atoms with E-state index in [1.165, 1.54) is 4.90 Å². The lowest BCUT2D eigenvalue weighted by Gasteiger charge is -2.21. The second-order valence-corrected chi connectivity index (χ2v) is 6.61. The number of carbonyl (C=O) groups excluding carboxylic acids is 2. The molecule has 0 aliphatic heterocycles. The van der Waals surface area contributed by atoms with Gasteiger partial charge < -0.3 is 15.0 Å². The van der Waals surface area contributed by atoms with Gasteiger partial charge in [-0.05, 0) is 60.2 Å². The van der Waals surface area contributed by atoms with Gasteiger partial charge in [-0.25, -0.2) is 0 Å². The van der Waals surface area contributed by atoms with Crippen molar-refractivity contribution in [3.8, 4) is 5.75 Å². The van der Waals surface area contributed by atoms with E-state index in [9.17, 15) is 9.59 Å². The van der Waals surface area contributed by atoms with Gasteiger partial charge >= 0.3 is 0 Å². The van der Waals surface area contributed by atoms with Crippen LogP contribution in [0.3, 0.4) is 0 Å². The first-order chi connectivity index (χ1) is 12.0. The van der Waals surface area contributed by atoms with Crippen LogP contribution in [-0.2, 0) is 4.79 Å². The van der Waals surface area contributed by atoms with Crippen molar-refractivity contribution >= 4 is 40.1 Å². The van der Waals surface area contributed by atoms with Crippen LogP contribution in [0, 0.1) is 10.5 Å². The van der Waals surface area contributed by atoms with Crippen LogP contribution < -0.4 is 10.1 Å². The third-order valence-electron chi connectivity index (χ3n) is 3.78. The number of hydrogen-bond acceptors (Lipinski definition) is 3. The monoisotopic (exact) mass is 452 g/mol. The van der Waals surface area contributed by atoms with Crippen molar-refractivity contribution in [1.82, 2.24) is 4.90 Å². The molecule has 2 amide bonds. The van der Waals surface area contributed by atoms with Gasteiger partial charge in [0.25, 0.3) is 5.91 Å². The van der Waals surface area contributed by atoms with Crippen LogP contribution in [0.5, 0.6) is 5.75 Å². The van der Waals surface area contributed by atoms with Gasteiger partial charge in [0.15, 0.2) is 0 Å². The largest absolute Gasteiger partial charge is 0.497 e. The Labute approximate surface area is 161 Å². The average Bonchev–Trinajstić information content (AvgIpc) is 2.61. The van der Waals surface area contributed by atoms with Crippen molar-refractivity contribution in [2.24, 2.45) is 0 Å². The van der Waals surface area contributed by atoms with Gasteiger partial charge in [-0.15, -0.1) is 0 Å². The second kappa shape index (κ2) is 8.84. The zero-order valence-corrected chi connectivity index (χ0v) is 16.7. The van der Waals surface area contributed by atoms with Crippen LogP contribution in [0.1, 0.15) is 22.8 Å². The van der Waals surface area contributed by atoms with E-state index in [2.05, 4.69) is 27.9 Å². The van der Waals surface area contributed by atoms with Crippen molar-refractivity contribution in [3.63, 3.8) is 0 Å². The third-order valence-corrected chi connectivity index (χ3v) is 5.21. The van der Waals surface area contributed by atoms with Crippen molar-refractivity contribution in [2.75, 3.05) is 25.5 Å². The topological polar surface area (TPSA) is 58.6 Å². The number of aryl methyl sites for hydroxylation is 1. The Kier molecular flexibility index (Phi) is 6.81. The lowest BCUT2D eigenvalue weighted by molar-refractivity contribution is -0.116. The fourth-order valence-electron chi connectivity index (χ4n) is 2.38. The van der Waals surface area contributed by atoms with Crippen molar-refractivity contribution in [3.05, 3.63) is 57.2 Å². The minimum Gasteiger partial charge on any atom is -0.497 e. The van der Waals surface area contributed by atoms with Gasteiger partial charge in [-0.1, -0.05) is 18.2 Å². The SMILES string of the molecule is CCN(CC(=O)Nc1cccc(OC)c1)C(=O)c1cccc(C)c1I. The van der Waals surface area contributed by atoms with Crippen molar-refractivity contribution in [1.29, 1.82) is 0 Å². The summed E-state index contributed by atoms with van der Waals surface area (Å²) >= 11 is 2.17. The van der Waals surface area contributed by atoms with Gasteiger partial charge in [0.2, 0.25) is 5.91 Å². The maximum atomic E-state index is 12.8. The molecule has 0 aromatic heterocycles. The highest BCUT2D eigenvalue weighted by molar-refractivity contribution is 14.1. The summed E-state index contributed by atoms with van der Waals surface area (Å²) < 4.78 is 6.06. The highest BCUT2D eigenvalue weighted by atomic mass is 127. The number of anilines is 1. The normalized spacial score (nSPS) is 10.2. The van der Waals surface area contributed by atoms with Crippen molar-refractivity contribution < 1.29 is 14.3 Å². The summed E-state index contributed by atoms with van der Waals surface area (Å²) in [6.07, 6.45) is 0. The van der Waals surface area contributed by atoms with Gasteiger partial charge in [0.05, 0.1) is 12.7 Å². The fraction of sp³-hybridized carbons (Fsp3) is 0.263. The molecule has 2 aromatic rings. The van der Waals surface area contributed by atoms with E-state index in [4.69, 9.17) is 4.74 Å². The second-order valence-electron chi connectivity index (χ2n) is 5.54. The van der Waals surface area contributed by atoms with Gasteiger partial charge in [-0.3, -0.25) is 9.59 Å². The Morgan fingerprint density at radius 2 is 1.92 bits per heavy atom. The molecule has 0 fully saturated rings. The molecular weight excluding hydrogens is 431 g/mol. The van der Waals surface area contributed by atoms with Gasteiger partial charge in [0, 0.05) is 21.9 Å². The number of halogens is 1. The predicted molar refractivity (Wildman–Crippen MR) is 107 cm³/mol. The molecule has 0 unspecified atom stereocenters. The number of amides is 2. The van der Waals surface area contributed by atoms with E-state index in [-0.39, 0.29) is 18.4 Å². The lowest BCUT2D eigenvalue weighted by Crippen LogP contribution is -2.38. The molecule has 0 spiro atoms. The fourth-order valence-corrected chi connectivity index (χ4v) is 2.98. The molecule has 0 saturated carbocycles. The van der Waals surface area contributed by atoms with E-state index in [0.29, 0.717) is 23.5 Å². The van der Waals surface area contributed by atoms with Crippen LogP contribution in [0.2, 0.25) is 0 Å². The highest BCUT2D eigenvalue weighted by Gasteiger charge is 2.20. The first kappa shape index (κ1) is 19.2. The van der Waals surface area contributed by atoms with Crippen LogP contribution >= 0.6 is 22.6 Å². The predicted octanol–water partition coefficient (Wildman–Crippen LogP) is 3.71. The summed E-state index contributed by atoms with van der Waals surface area (Å²) in [5.41, 5.74) is 2.30. The molecule has 2 aromatic carbocycles. The maximum absolute atomic E-state index is 12.8. The summed E-state index contributed by atoms with van der Waals surface area (Å²) in [5.74, 6) is 0.276. The molecule has 6 heteroatoms.